The Kier molecular flexibility index (Phi) is 4.28. The van der Waals surface area contributed by atoms with E-state index >= 15 is 0 Å². The zero-order valence-electron chi connectivity index (χ0n) is 9.76. The first kappa shape index (κ1) is 12.2. The van der Waals surface area contributed by atoms with E-state index in [0.717, 1.165) is 18.4 Å². The fourth-order valence-electron chi connectivity index (χ4n) is 1.83. The molecule has 84 valence electrons. The maximum atomic E-state index is 13.0. The number of nitrogens with two attached hydrogens (primary N) is 1. The standard InChI is InChI=1S/C13H20FN/c1-9(2)6-12(15)8-11-4-5-13(14)10(3)7-11/h4-5,7,9,12H,6,8,15H2,1-3H3. The second-order valence-electron chi connectivity index (χ2n) is 4.68. The highest BCUT2D eigenvalue weighted by molar-refractivity contribution is 5.24. The van der Waals surface area contributed by atoms with E-state index in [1.54, 1.807) is 6.92 Å². The fourth-order valence-corrected chi connectivity index (χ4v) is 1.83. The van der Waals surface area contributed by atoms with Gasteiger partial charge in [-0.25, -0.2) is 4.39 Å². The molecule has 0 amide bonds. The Morgan fingerprint density at radius 1 is 1.33 bits per heavy atom. The molecular weight excluding hydrogens is 189 g/mol. The summed E-state index contributed by atoms with van der Waals surface area (Å²) >= 11 is 0. The zero-order chi connectivity index (χ0) is 11.4. The molecule has 0 fully saturated rings. The van der Waals surface area contributed by atoms with E-state index in [2.05, 4.69) is 13.8 Å². The number of rotatable bonds is 4. The quantitative estimate of drug-likeness (QED) is 0.810. The third-order valence-corrected chi connectivity index (χ3v) is 2.49. The molecule has 0 aliphatic rings. The summed E-state index contributed by atoms with van der Waals surface area (Å²) in [5, 5.41) is 0. The molecule has 1 rings (SSSR count). The molecule has 0 aliphatic heterocycles. The summed E-state index contributed by atoms with van der Waals surface area (Å²) in [7, 11) is 0. The van der Waals surface area contributed by atoms with Crippen LogP contribution >= 0.6 is 0 Å². The van der Waals surface area contributed by atoms with Gasteiger partial charge in [-0.3, -0.25) is 0 Å². The van der Waals surface area contributed by atoms with Crippen molar-refractivity contribution in [3.8, 4) is 0 Å². The van der Waals surface area contributed by atoms with Gasteiger partial charge in [-0.2, -0.15) is 0 Å². The summed E-state index contributed by atoms with van der Waals surface area (Å²) in [4.78, 5) is 0. The summed E-state index contributed by atoms with van der Waals surface area (Å²) in [6, 6.07) is 5.40. The van der Waals surface area contributed by atoms with Crippen LogP contribution in [0.2, 0.25) is 0 Å². The average Bonchev–Trinajstić information content (AvgIpc) is 2.10. The van der Waals surface area contributed by atoms with Crippen molar-refractivity contribution in [2.24, 2.45) is 11.7 Å². The summed E-state index contributed by atoms with van der Waals surface area (Å²) in [5.74, 6) is 0.470. The molecule has 0 saturated heterocycles. The largest absolute Gasteiger partial charge is 0.327 e. The first-order chi connectivity index (χ1) is 6.99. The number of hydrogen-bond acceptors (Lipinski definition) is 1. The van der Waals surface area contributed by atoms with E-state index in [1.807, 2.05) is 12.1 Å². The maximum absolute atomic E-state index is 13.0. The van der Waals surface area contributed by atoms with Gasteiger partial charge in [-0.1, -0.05) is 26.0 Å². The zero-order valence-corrected chi connectivity index (χ0v) is 9.76. The lowest BCUT2D eigenvalue weighted by Crippen LogP contribution is -2.24. The molecule has 0 aliphatic carbocycles. The minimum Gasteiger partial charge on any atom is -0.327 e. The monoisotopic (exact) mass is 209 g/mol. The van der Waals surface area contributed by atoms with Crippen LogP contribution in [0.5, 0.6) is 0 Å². The Hall–Kier alpha value is -0.890. The number of aryl methyl sites for hydroxylation is 1. The molecule has 0 bridgehead atoms. The van der Waals surface area contributed by atoms with E-state index in [0.29, 0.717) is 11.5 Å². The van der Waals surface area contributed by atoms with E-state index in [4.69, 9.17) is 5.73 Å². The third kappa shape index (κ3) is 4.00. The van der Waals surface area contributed by atoms with Crippen molar-refractivity contribution in [2.75, 3.05) is 0 Å². The van der Waals surface area contributed by atoms with Crippen LogP contribution in [0, 0.1) is 18.7 Å². The third-order valence-electron chi connectivity index (χ3n) is 2.49. The normalized spacial score (nSPS) is 13.2. The van der Waals surface area contributed by atoms with Crippen LogP contribution in [-0.4, -0.2) is 6.04 Å². The van der Waals surface area contributed by atoms with Gasteiger partial charge in [0.15, 0.2) is 0 Å². The van der Waals surface area contributed by atoms with E-state index < -0.39 is 0 Å². The van der Waals surface area contributed by atoms with Crippen LogP contribution in [-0.2, 0) is 6.42 Å². The molecule has 1 atom stereocenters. The molecule has 1 aromatic rings. The van der Waals surface area contributed by atoms with Gasteiger partial charge in [0.2, 0.25) is 0 Å². The van der Waals surface area contributed by atoms with Gasteiger partial charge >= 0.3 is 0 Å². The van der Waals surface area contributed by atoms with Crippen molar-refractivity contribution in [2.45, 2.75) is 39.7 Å². The van der Waals surface area contributed by atoms with Crippen molar-refractivity contribution < 1.29 is 4.39 Å². The Labute approximate surface area is 91.5 Å². The van der Waals surface area contributed by atoms with Crippen molar-refractivity contribution in [3.05, 3.63) is 35.1 Å². The maximum Gasteiger partial charge on any atom is 0.126 e. The van der Waals surface area contributed by atoms with Gasteiger partial charge in [-0.15, -0.1) is 0 Å². The van der Waals surface area contributed by atoms with Gasteiger partial charge in [0.05, 0.1) is 0 Å². The van der Waals surface area contributed by atoms with Crippen molar-refractivity contribution >= 4 is 0 Å². The lowest BCUT2D eigenvalue weighted by atomic mass is 9.97. The summed E-state index contributed by atoms with van der Waals surface area (Å²) < 4.78 is 13.0. The van der Waals surface area contributed by atoms with Crippen molar-refractivity contribution in [1.29, 1.82) is 0 Å². The van der Waals surface area contributed by atoms with Crippen LogP contribution in [0.1, 0.15) is 31.4 Å². The van der Waals surface area contributed by atoms with E-state index in [-0.39, 0.29) is 11.9 Å². The number of benzene rings is 1. The highest BCUT2D eigenvalue weighted by Gasteiger charge is 2.07. The molecule has 0 heterocycles. The Bertz CT molecular complexity index is 320. The Morgan fingerprint density at radius 3 is 2.53 bits per heavy atom. The molecule has 2 heteroatoms. The van der Waals surface area contributed by atoms with Gasteiger partial charge in [0.1, 0.15) is 5.82 Å². The van der Waals surface area contributed by atoms with Crippen molar-refractivity contribution in [3.63, 3.8) is 0 Å². The highest BCUT2D eigenvalue weighted by atomic mass is 19.1. The average molecular weight is 209 g/mol. The van der Waals surface area contributed by atoms with Crippen molar-refractivity contribution in [1.82, 2.24) is 0 Å². The van der Waals surface area contributed by atoms with Crippen LogP contribution in [0.3, 0.4) is 0 Å². The predicted molar refractivity (Wildman–Crippen MR) is 62.3 cm³/mol. The van der Waals surface area contributed by atoms with Crippen LogP contribution in [0.15, 0.2) is 18.2 Å². The molecule has 15 heavy (non-hydrogen) atoms. The van der Waals surface area contributed by atoms with Crippen LogP contribution in [0.4, 0.5) is 4.39 Å². The van der Waals surface area contributed by atoms with E-state index in [9.17, 15) is 4.39 Å². The summed E-state index contributed by atoms with van der Waals surface area (Å²) in [5.41, 5.74) is 7.83. The second kappa shape index (κ2) is 5.26. The van der Waals surface area contributed by atoms with Crippen LogP contribution in [0.25, 0.3) is 0 Å². The molecule has 2 N–H and O–H groups in total. The number of halogens is 1. The predicted octanol–water partition coefficient (Wildman–Crippen LogP) is 3.05. The lowest BCUT2D eigenvalue weighted by Gasteiger charge is -2.14. The second-order valence-corrected chi connectivity index (χ2v) is 4.68. The molecule has 1 nitrogen and oxygen atoms in total. The fraction of sp³-hybridized carbons (Fsp3) is 0.538. The van der Waals surface area contributed by atoms with Gasteiger partial charge in [-0.05, 0) is 42.9 Å². The Balaban J connectivity index is 2.60. The molecule has 1 unspecified atom stereocenters. The van der Waals surface area contributed by atoms with E-state index in [1.165, 1.54) is 6.07 Å². The van der Waals surface area contributed by atoms with Crippen LogP contribution < -0.4 is 5.73 Å². The summed E-state index contributed by atoms with van der Waals surface area (Å²) in [6.07, 6.45) is 1.84. The molecular formula is C13H20FN. The Morgan fingerprint density at radius 2 is 2.00 bits per heavy atom. The minimum absolute atomic E-state index is 0.142. The topological polar surface area (TPSA) is 26.0 Å². The lowest BCUT2D eigenvalue weighted by molar-refractivity contribution is 0.493. The van der Waals surface area contributed by atoms with Gasteiger partial charge < -0.3 is 5.73 Å². The molecule has 1 aromatic carbocycles. The highest BCUT2D eigenvalue weighted by Crippen LogP contribution is 2.13. The first-order valence-corrected chi connectivity index (χ1v) is 5.49. The smallest absolute Gasteiger partial charge is 0.126 e. The first-order valence-electron chi connectivity index (χ1n) is 5.49. The molecule has 0 radical (unpaired) electrons. The molecule has 0 spiro atoms. The van der Waals surface area contributed by atoms with Gasteiger partial charge in [0, 0.05) is 6.04 Å². The number of hydrogen-bond donors (Lipinski definition) is 1. The minimum atomic E-state index is -0.142. The summed E-state index contributed by atoms with van der Waals surface area (Å²) in [6.45, 7) is 6.11. The molecule has 0 aromatic heterocycles. The van der Waals surface area contributed by atoms with Gasteiger partial charge in [0.25, 0.3) is 0 Å². The molecule has 0 saturated carbocycles. The SMILES string of the molecule is Cc1cc(CC(N)CC(C)C)ccc1F.